The largest absolute Gasteiger partial charge is 0.385 e. The Hall–Kier alpha value is 0.250. The maximum atomic E-state index is 11.7. The maximum Gasteiger partial charge on any atom is 0.190 e. The number of halogens is 2. The molecule has 1 aromatic rings. The highest BCUT2D eigenvalue weighted by molar-refractivity contribution is 9.12. The number of ketones is 1. The van der Waals surface area contributed by atoms with Crippen LogP contribution in [-0.4, -0.2) is 32.7 Å². The second-order valence-electron chi connectivity index (χ2n) is 3.06. The van der Waals surface area contributed by atoms with Gasteiger partial charge in [0.1, 0.15) is 6.61 Å². The van der Waals surface area contributed by atoms with Crippen LogP contribution in [-0.2, 0) is 9.47 Å². The quantitative estimate of drug-likeness (QED) is 0.543. The fourth-order valence-electron chi connectivity index (χ4n) is 1.08. The lowest BCUT2D eigenvalue weighted by Gasteiger charge is -2.02. The van der Waals surface area contributed by atoms with Gasteiger partial charge in [-0.3, -0.25) is 4.79 Å². The molecule has 0 spiro atoms. The number of carbonyl (C=O) groups excluding carboxylic acids is 1. The predicted molar refractivity (Wildman–Crippen MR) is 71.4 cm³/mol. The first-order chi connectivity index (χ1) is 7.65. The monoisotopic (exact) mass is 370 g/mol. The highest BCUT2D eigenvalue weighted by Crippen LogP contribution is 2.32. The summed E-state index contributed by atoms with van der Waals surface area (Å²) in [5.41, 5.74) is 0.670. The van der Waals surface area contributed by atoms with E-state index in [-0.39, 0.29) is 12.4 Å². The lowest BCUT2D eigenvalue weighted by Crippen LogP contribution is -2.10. The number of methoxy groups -OCH3 is 1. The molecule has 1 heterocycles. The third-order valence-electron chi connectivity index (χ3n) is 1.83. The van der Waals surface area contributed by atoms with Crippen molar-refractivity contribution in [1.29, 1.82) is 0 Å². The number of hydrogen-bond donors (Lipinski definition) is 0. The molecule has 1 rings (SSSR count). The molecule has 0 amide bonds. The van der Waals surface area contributed by atoms with E-state index in [1.807, 2.05) is 0 Å². The first-order valence-corrected chi connectivity index (χ1v) is 7.10. The molecular formula is C10H12Br2O3S. The van der Waals surface area contributed by atoms with E-state index >= 15 is 0 Å². The van der Waals surface area contributed by atoms with Crippen LogP contribution in [0.2, 0.25) is 0 Å². The van der Waals surface area contributed by atoms with Crippen molar-refractivity contribution in [2.45, 2.75) is 6.42 Å². The van der Waals surface area contributed by atoms with Gasteiger partial charge in [0.05, 0.1) is 7.57 Å². The Morgan fingerprint density at radius 2 is 2.19 bits per heavy atom. The Labute approximate surface area is 115 Å². The molecule has 0 bridgehead atoms. The minimum absolute atomic E-state index is 0.00811. The summed E-state index contributed by atoms with van der Waals surface area (Å²) < 4.78 is 11.9. The maximum absolute atomic E-state index is 11.7. The van der Waals surface area contributed by atoms with E-state index in [0.717, 1.165) is 14.0 Å². The van der Waals surface area contributed by atoms with Crippen molar-refractivity contribution in [1.82, 2.24) is 0 Å². The molecule has 0 aliphatic carbocycles. The molecule has 1 aromatic heterocycles. The van der Waals surface area contributed by atoms with Crippen molar-refractivity contribution in [2.75, 3.05) is 26.9 Å². The SMILES string of the molecule is COCCCOCC(=O)c1cc(Br)sc1Br. The molecule has 0 radical (unpaired) electrons. The number of rotatable bonds is 7. The highest BCUT2D eigenvalue weighted by atomic mass is 79.9. The van der Waals surface area contributed by atoms with E-state index in [1.165, 1.54) is 11.3 Å². The molecule has 0 fully saturated rings. The van der Waals surface area contributed by atoms with E-state index in [1.54, 1.807) is 13.2 Å². The van der Waals surface area contributed by atoms with Crippen LogP contribution in [0.25, 0.3) is 0 Å². The molecule has 90 valence electrons. The summed E-state index contributed by atoms with van der Waals surface area (Å²) in [5.74, 6) is -0.00811. The number of carbonyl (C=O) groups is 1. The van der Waals surface area contributed by atoms with Crippen LogP contribution in [0.15, 0.2) is 13.6 Å². The Morgan fingerprint density at radius 1 is 1.44 bits per heavy atom. The van der Waals surface area contributed by atoms with Crippen molar-refractivity contribution in [3.63, 3.8) is 0 Å². The van der Waals surface area contributed by atoms with Gasteiger partial charge in [-0.05, 0) is 44.3 Å². The van der Waals surface area contributed by atoms with E-state index in [0.29, 0.717) is 18.8 Å². The zero-order valence-corrected chi connectivity index (χ0v) is 12.8. The van der Waals surface area contributed by atoms with E-state index in [2.05, 4.69) is 31.9 Å². The smallest absolute Gasteiger partial charge is 0.190 e. The molecule has 0 aliphatic heterocycles. The van der Waals surface area contributed by atoms with Crippen molar-refractivity contribution < 1.29 is 14.3 Å². The Kier molecular flexibility index (Phi) is 6.75. The average molecular weight is 372 g/mol. The van der Waals surface area contributed by atoms with Gasteiger partial charge in [-0.2, -0.15) is 0 Å². The van der Waals surface area contributed by atoms with Gasteiger partial charge < -0.3 is 9.47 Å². The van der Waals surface area contributed by atoms with Gasteiger partial charge in [-0.1, -0.05) is 0 Å². The number of hydrogen-bond acceptors (Lipinski definition) is 4. The van der Waals surface area contributed by atoms with Crippen molar-refractivity contribution >= 4 is 49.0 Å². The number of thiophene rings is 1. The fourth-order valence-corrected chi connectivity index (χ4v) is 3.93. The topological polar surface area (TPSA) is 35.5 Å². The second-order valence-corrected chi connectivity index (χ2v) is 6.81. The zero-order valence-electron chi connectivity index (χ0n) is 8.79. The number of Topliss-reactive ketones (excluding diaryl/α,β-unsaturated/α-hetero) is 1. The molecule has 0 unspecified atom stereocenters. The van der Waals surface area contributed by atoms with Crippen LogP contribution < -0.4 is 0 Å². The first kappa shape index (κ1) is 14.3. The third-order valence-corrected chi connectivity index (χ3v) is 4.17. The van der Waals surface area contributed by atoms with Gasteiger partial charge in [0.2, 0.25) is 0 Å². The normalized spacial score (nSPS) is 10.7. The van der Waals surface area contributed by atoms with E-state index < -0.39 is 0 Å². The van der Waals surface area contributed by atoms with Crippen molar-refractivity contribution in [2.24, 2.45) is 0 Å². The molecule has 0 aliphatic rings. The van der Waals surface area contributed by atoms with E-state index in [9.17, 15) is 4.79 Å². The summed E-state index contributed by atoms with van der Waals surface area (Å²) in [5, 5.41) is 0. The van der Waals surface area contributed by atoms with Crippen molar-refractivity contribution in [3.8, 4) is 0 Å². The van der Waals surface area contributed by atoms with Crippen LogP contribution in [0.4, 0.5) is 0 Å². The second kappa shape index (κ2) is 7.55. The lowest BCUT2D eigenvalue weighted by molar-refractivity contribution is 0.0705. The van der Waals surface area contributed by atoms with Gasteiger partial charge in [0.15, 0.2) is 5.78 Å². The minimum Gasteiger partial charge on any atom is -0.385 e. The molecule has 0 atom stereocenters. The predicted octanol–water partition coefficient (Wildman–Crippen LogP) is 3.51. The van der Waals surface area contributed by atoms with Gasteiger partial charge >= 0.3 is 0 Å². The molecule has 0 aromatic carbocycles. The van der Waals surface area contributed by atoms with Gasteiger partial charge in [0, 0.05) is 25.9 Å². The van der Waals surface area contributed by atoms with Gasteiger partial charge in [-0.15, -0.1) is 11.3 Å². The van der Waals surface area contributed by atoms with E-state index in [4.69, 9.17) is 9.47 Å². The molecule has 3 nitrogen and oxygen atoms in total. The molecule has 16 heavy (non-hydrogen) atoms. The fraction of sp³-hybridized carbons (Fsp3) is 0.500. The van der Waals surface area contributed by atoms with Crippen LogP contribution in [0.3, 0.4) is 0 Å². The molecule has 0 saturated heterocycles. The molecular weight excluding hydrogens is 360 g/mol. The summed E-state index contributed by atoms with van der Waals surface area (Å²) in [6, 6.07) is 1.80. The summed E-state index contributed by atoms with van der Waals surface area (Å²) in [6.07, 6.45) is 0.804. The van der Waals surface area contributed by atoms with Crippen LogP contribution in [0, 0.1) is 0 Å². The molecule has 0 N–H and O–H groups in total. The van der Waals surface area contributed by atoms with Crippen molar-refractivity contribution in [3.05, 3.63) is 19.2 Å². The zero-order chi connectivity index (χ0) is 12.0. The summed E-state index contributed by atoms with van der Waals surface area (Å²) >= 11 is 8.16. The third kappa shape index (κ3) is 4.63. The highest BCUT2D eigenvalue weighted by Gasteiger charge is 2.13. The van der Waals surface area contributed by atoms with Gasteiger partial charge in [-0.25, -0.2) is 0 Å². The lowest BCUT2D eigenvalue weighted by atomic mass is 10.2. The molecule has 0 saturated carbocycles. The summed E-state index contributed by atoms with van der Waals surface area (Å²) in [6.45, 7) is 1.32. The Balaban J connectivity index is 2.33. The number of ether oxygens (including phenoxy) is 2. The van der Waals surface area contributed by atoms with Crippen LogP contribution >= 0.6 is 43.2 Å². The summed E-state index contributed by atoms with van der Waals surface area (Å²) in [4.78, 5) is 11.7. The Morgan fingerprint density at radius 3 is 2.75 bits per heavy atom. The van der Waals surface area contributed by atoms with Crippen LogP contribution in [0.1, 0.15) is 16.8 Å². The molecule has 6 heteroatoms. The minimum atomic E-state index is -0.00811. The van der Waals surface area contributed by atoms with Crippen LogP contribution in [0.5, 0.6) is 0 Å². The first-order valence-electron chi connectivity index (χ1n) is 4.70. The Bertz CT molecular complexity index is 352. The average Bonchev–Trinajstić information content (AvgIpc) is 2.57. The summed E-state index contributed by atoms with van der Waals surface area (Å²) in [7, 11) is 1.64. The standard InChI is InChI=1S/C10H12Br2O3S/c1-14-3-2-4-15-6-8(13)7-5-9(11)16-10(7)12/h5H,2-4,6H2,1H3. The van der Waals surface area contributed by atoms with Gasteiger partial charge in [0.25, 0.3) is 0 Å².